The Labute approximate surface area is 89.6 Å². The second-order valence-corrected chi connectivity index (χ2v) is 4.00. The molecular weight excluding hydrogens is 192 g/mol. The summed E-state index contributed by atoms with van der Waals surface area (Å²) in [4.78, 5) is 0. The summed E-state index contributed by atoms with van der Waals surface area (Å²) in [6.07, 6.45) is 0.671. The zero-order chi connectivity index (χ0) is 10.8. The topological polar surface area (TPSA) is 38.7 Å². The molecule has 0 saturated heterocycles. The molecule has 0 bridgehead atoms. The Morgan fingerprint density at radius 2 is 2.13 bits per heavy atom. The predicted molar refractivity (Wildman–Crippen MR) is 57.4 cm³/mol. The highest BCUT2D eigenvalue weighted by Gasteiger charge is 2.22. The fourth-order valence-electron chi connectivity index (χ4n) is 2.01. The summed E-state index contributed by atoms with van der Waals surface area (Å²) in [6.45, 7) is 4.72. The lowest BCUT2D eigenvalue weighted by Gasteiger charge is -2.14. The van der Waals surface area contributed by atoms with Crippen molar-refractivity contribution in [2.24, 2.45) is 0 Å². The molecule has 1 aliphatic heterocycles. The summed E-state index contributed by atoms with van der Waals surface area (Å²) in [7, 11) is 0. The molecular formula is C12H16O3. The van der Waals surface area contributed by atoms with Gasteiger partial charge in [0.15, 0.2) is 11.5 Å². The first-order chi connectivity index (χ1) is 7.24. The van der Waals surface area contributed by atoms with Crippen LogP contribution in [0.25, 0.3) is 0 Å². The molecule has 3 heteroatoms. The SMILES string of the molecule is CC(C)c1c(CCO)ccc2c1OCO2. The number of ether oxygens (including phenoxy) is 2. The second kappa shape index (κ2) is 4.11. The molecule has 15 heavy (non-hydrogen) atoms. The number of aliphatic hydroxyl groups is 1. The van der Waals surface area contributed by atoms with Gasteiger partial charge < -0.3 is 14.6 Å². The van der Waals surface area contributed by atoms with Crippen molar-refractivity contribution in [1.82, 2.24) is 0 Å². The van der Waals surface area contributed by atoms with Gasteiger partial charge in [0.05, 0.1) is 0 Å². The molecule has 1 aliphatic rings. The van der Waals surface area contributed by atoms with Crippen LogP contribution in [-0.4, -0.2) is 18.5 Å². The van der Waals surface area contributed by atoms with Crippen LogP contribution < -0.4 is 9.47 Å². The highest BCUT2D eigenvalue weighted by molar-refractivity contribution is 5.53. The first-order valence-electron chi connectivity index (χ1n) is 5.26. The average molecular weight is 208 g/mol. The highest BCUT2D eigenvalue weighted by Crippen LogP contribution is 2.41. The normalized spacial score (nSPS) is 13.6. The van der Waals surface area contributed by atoms with E-state index in [0.717, 1.165) is 17.1 Å². The van der Waals surface area contributed by atoms with Gasteiger partial charge in [-0.05, 0) is 24.0 Å². The second-order valence-electron chi connectivity index (χ2n) is 4.00. The summed E-state index contributed by atoms with van der Waals surface area (Å²) in [6, 6.07) is 3.93. The Morgan fingerprint density at radius 3 is 2.80 bits per heavy atom. The first-order valence-corrected chi connectivity index (χ1v) is 5.26. The smallest absolute Gasteiger partial charge is 0.231 e. The van der Waals surface area contributed by atoms with Gasteiger partial charge in [0.1, 0.15) is 0 Å². The summed E-state index contributed by atoms with van der Waals surface area (Å²) in [5.41, 5.74) is 2.32. The molecule has 0 amide bonds. The van der Waals surface area contributed by atoms with Gasteiger partial charge in [0.25, 0.3) is 0 Å². The van der Waals surface area contributed by atoms with Crippen LogP contribution in [0.3, 0.4) is 0 Å². The lowest BCUT2D eigenvalue weighted by molar-refractivity contribution is 0.173. The Balaban J connectivity index is 2.48. The molecule has 0 spiro atoms. The number of hydrogen-bond acceptors (Lipinski definition) is 3. The first kappa shape index (κ1) is 10.3. The van der Waals surface area contributed by atoms with E-state index < -0.39 is 0 Å². The third kappa shape index (κ3) is 1.79. The molecule has 1 aromatic carbocycles. The van der Waals surface area contributed by atoms with E-state index in [1.807, 2.05) is 12.1 Å². The average Bonchev–Trinajstić information content (AvgIpc) is 2.64. The molecule has 0 unspecified atom stereocenters. The lowest BCUT2D eigenvalue weighted by atomic mass is 9.94. The van der Waals surface area contributed by atoms with Crippen LogP contribution in [0.15, 0.2) is 12.1 Å². The molecule has 2 rings (SSSR count). The van der Waals surface area contributed by atoms with E-state index in [1.165, 1.54) is 5.56 Å². The van der Waals surface area contributed by atoms with Crippen molar-refractivity contribution in [2.75, 3.05) is 13.4 Å². The number of hydrogen-bond donors (Lipinski definition) is 1. The van der Waals surface area contributed by atoms with Gasteiger partial charge in [-0.3, -0.25) is 0 Å². The summed E-state index contributed by atoms with van der Waals surface area (Å²) in [5.74, 6) is 2.06. The number of benzene rings is 1. The van der Waals surface area contributed by atoms with Crippen molar-refractivity contribution >= 4 is 0 Å². The highest BCUT2D eigenvalue weighted by atomic mass is 16.7. The van der Waals surface area contributed by atoms with Gasteiger partial charge in [0.2, 0.25) is 6.79 Å². The minimum Gasteiger partial charge on any atom is -0.454 e. The van der Waals surface area contributed by atoms with Gasteiger partial charge in [-0.2, -0.15) is 0 Å². The van der Waals surface area contributed by atoms with E-state index in [2.05, 4.69) is 13.8 Å². The van der Waals surface area contributed by atoms with Gasteiger partial charge >= 0.3 is 0 Å². The molecule has 1 aromatic rings. The zero-order valence-electron chi connectivity index (χ0n) is 9.12. The Morgan fingerprint density at radius 1 is 1.33 bits per heavy atom. The van der Waals surface area contributed by atoms with Crippen molar-refractivity contribution in [2.45, 2.75) is 26.2 Å². The molecule has 0 aromatic heterocycles. The Bertz CT molecular complexity index is 358. The van der Waals surface area contributed by atoms with E-state index >= 15 is 0 Å². The summed E-state index contributed by atoms with van der Waals surface area (Å²) in [5, 5.41) is 9.00. The maximum Gasteiger partial charge on any atom is 0.231 e. The van der Waals surface area contributed by atoms with Crippen LogP contribution >= 0.6 is 0 Å². The fraction of sp³-hybridized carbons (Fsp3) is 0.500. The standard InChI is InChI=1S/C12H16O3/c1-8(2)11-9(5-6-13)3-4-10-12(11)15-7-14-10/h3-4,8,13H,5-7H2,1-2H3. The molecule has 1 N–H and O–H groups in total. The van der Waals surface area contributed by atoms with E-state index in [0.29, 0.717) is 19.1 Å². The van der Waals surface area contributed by atoms with Gasteiger partial charge in [0, 0.05) is 12.2 Å². The monoisotopic (exact) mass is 208 g/mol. The molecule has 1 heterocycles. The van der Waals surface area contributed by atoms with Crippen molar-refractivity contribution in [3.05, 3.63) is 23.3 Å². The van der Waals surface area contributed by atoms with Crippen molar-refractivity contribution in [1.29, 1.82) is 0 Å². The lowest BCUT2D eigenvalue weighted by Crippen LogP contribution is -2.01. The van der Waals surface area contributed by atoms with Crippen LogP contribution in [0.4, 0.5) is 0 Å². The van der Waals surface area contributed by atoms with E-state index in [-0.39, 0.29) is 6.61 Å². The Hall–Kier alpha value is -1.22. The minimum atomic E-state index is 0.166. The summed E-state index contributed by atoms with van der Waals surface area (Å²) < 4.78 is 10.8. The molecule has 0 fully saturated rings. The molecule has 0 aliphatic carbocycles. The molecule has 0 saturated carbocycles. The zero-order valence-corrected chi connectivity index (χ0v) is 9.12. The number of aliphatic hydroxyl groups excluding tert-OH is 1. The van der Waals surface area contributed by atoms with Crippen LogP contribution in [-0.2, 0) is 6.42 Å². The fourth-order valence-corrected chi connectivity index (χ4v) is 2.01. The maximum atomic E-state index is 9.00. The number of rotatable bonds is 3. The van der Waals surface area contributed by atoms with E-state index in [9.17, 15) is 0 Å². The third-order valence-corrected chi connectivity index (χ3v) is 2.63. The number of fused-ring (bicyclic) bond motifs is 1. The molecule has 0 atom stereocenters. The molecule has 0 radical (unpaired) electrons. The Kier molecular flexibility index (Phi) is 2.82. The summed E-state index contributed by atoms with van der Waals surface area (Å²) >= 11 is 0. The van der Waals surface area contributed by atoms with Crippen molar-refractivity contribution in [3.63, 3.8) is 0 Å². The minimum absolute atomic E-state index is 0.166. The van der Waals surface area contributed by atoms with Crippen LogP contribution in [0.5, 0.6) is 11.5 Å². The van der Waals surface area contributed by atoms with E-state index in [4.69, 9.17) is 14.6 Å². The van der Waals surface area contributed by atoms with Gasteiger partial charge in [-0.1, -0.05) is 19.9 Å². The quantitative estimate of drug-likeness (QED) is 0.826. The van der Waals surface area contributed by atoms with Gasteiger partial charge in [-0.25, -0.2) is 0 Å². The van der Waals surface area contributed by atoms with Crippen molar-refractivity contribution < 1.29 is 14.6 Å². The predicted octanol–water partition coefficient (Wildman–Crippen LogP) is 2.07. The van der Waals surface area contributed by atoms with Crippen molar-refractivity contribution in [3.8, 4) is 11.5 Å². The van der Waals surface area contributed by atoms with Crippen LogP contribution in [0, 0.1) is 0 Å². The van der Waals surface area contributed by atoms with Gasteiger partial charge in [-0.15, -0.1) is 0 Å². The van der Waals surface area contributed by atoms with E-state index in [1.54, 1.807) is 0 Å². The molecule has 3 nitrogen and oxygen atoms in total. The van der Waals surface area contributed by atoms with Crippen LogP contribution in [0.2, 0.25) is 0 Å². The van der Waals surface area contributed by atoms with Crippen LogP contribution in [0.1, 0.15) is 30.9 Å². The maximum absolute atomic E-state index is 9.00. The third-order valence-electron chi connectivity index (χ3n) is 2.63. The largest absolute Gasteiger partial charge is 0.454 e. The molecule has 82 valence electrons.